The first-order valence-electron chi connectivity index (χ1n) is 8.06. The molecule has 1 atom stereocenters. The zero-order valence-electron chi connectivity index (χ0n) is 14.5. The number of carbonyl (C=O) groups excluding carboxylic acids is 2. The van der Waals surface area contributed by atoms with E-state index in [1.165, 1.54) is 6.08 Å². The van der Waals surface area contributed by atoms with Crippen molar-refractivity contribution in [1.82, 2.24) is 5.32 Å². The van der Waals surface area contributed by atoms with Crippen LogP contribution in [0.4, 0.5) is 10.5 Å². The Bertz CT molecular complexity index is 747. The number of esters is 1. The van der Waals surface area contributed by atoms with Crippen molar-refractivity contribution in [3.63, 3.8) is 0 Å². The number of ether oxygens (including phenoxy) is 1. The third-order valence-corrected chi connectivity index (χ3v) is 3.40. The van der Waals surface area contributed by atoms with Crippen LogP contribution in [-0.4, -0.2) is 18.6 Å². The maximum atomic E-state index is 12.0. The molecule has 0 aliphatic rings. The standard InChI is InChI=1S/C19H22N2O4/c1-4-24-18(22)12-8-15-6-9-16(10-7-15)21-19(23)20-14(3)17-11-5-13(2)25-17/h5-12,14H,4H2,1-3H3,(H2,20,21,23)/b12-8-/t14-/m0/s1. The van der Waals surface area contributed by atoms with Crippen LogP contribution in [0.25, 0.3) is 6.08 Å². The summed E-state index contributed by atoms with van der Waals surface area (Å²) < 4.78 is 10.3. The zero-order chi connectivity index (χ0) is 18.2. The molecule has 1 aromatic carbocycles. The molecule has 0 spiro atoms. The van der Waals surface area contributed by atoms with Gasteiger partial charge < -0.3 is 19.8 Å². The number of amides is 2. The van der Waals surface area contributed by atoms with Gasteiger partial charge in [-0.05, 0) is 56.7 Å². The summed E-state index contributed by atoms with van der Waals surface area (Å²) in [5.74, 6) is 1.12. The summed E-state index contributed by atoms with van der Waals surface area (Å²) in [6.45, 7) is 5.80. The van der Waals surface area contributed by atoms with E-state index in [1.54, 1.807) is 37.3 Å². The molecule has 1 aromatic heterocycles. The van der Waals surface area contributed by atoms with E-state index in [0.717, 1.165) is 11.3 Å². The van der Waals surface area contributed by atoms with E-state index in [2.05, 4.69) is 10.6 Å². The van der Waals surface area contributed by atoms with Gasteiger partial charge in [0.2, 0.25) is 0 Å². The minimum atomic E-state index is -0.383. The minimum absolute atomic E-state index is 0.236. The minimum Gasteiger partial charge on any atom is -0.464 e. The predicted molar refractivity (Wildman–Crippen MR) is 96.1 cm³/mol. The lowest BCUT2D eigenvalue weighted by molar-refractivity contribution is -0.137. The Morgan fingerprint density at radius 2 is 1.92 bits per heavy atom. The molecule has 0 unspecified atom stereocenters. The van der Waals surface area contributed by atoms with Gasteiger partial charge in [-0.3, -0.25) is 0 Å². The molecule has 0 bridgehead atoms. The molecule has 6 nitrogen and oxygen atoms in total. The fourth-order valence-corrected chi connectivity index (χ4v) is 2.15. The quantitative estimate of drug-likeness (QED) is 0.613. The Morgan fingerprint density at radius 1 is 1.20 bits per heavy atom. The molecule has 6 heteroatoms. The van der Waals surface area contributed by atoms with Crippen LogP contribution in [-0.2, 0) is 9.53 Å². The SMILES string of the molecule is CCOC(=O)/C=C\c1ccc(NC(=O)N[C@@H](C)c2ccc(C)o2)cc1. The van der Waals surface area contributed by atoms with Gasteiger partial charge in [0.25, 0.3) is 0 Å². The Hall–Kier alpha value is -3.02. The molecule has 0 radical (unpaired) electrons. The van der Waals surface area contributed by atoms with Crippen molar-refractivity contribution in [1.29, 1.82) is 0 Å². The highest BCUT2D eigenvalue weighted by molar-refractivity contribution is 5.90. The largest absolute Gasteiger partial charge is 0.464 e. The lowest BCUT2D eigenvalue weighted by Crippen LogP contribution is -2.30. The van der Waals surface area contributed by atoms with Gasteiger partial charge in [0, 0.05) is 11.8 Å². The van der Waals surface area contributed by atoms with Crippen LogP contribution in [0.15, 0.2) is 46.9 Å². The normalized spacial score (nSPS) is 12.0. The first-order chi connectivity index (χ1) is 12.0. The molecule has 1 heterocycles. The van der Waals surface area contributed by atoms with Crippen LogP contribution >= 0.6 is 0 Å². The number of hydrogen-bond acceptors (Lipinski definition) is 4. The van der Waals surface area contributed by atoms with Gasteiger partial charge in [0.05, 0.1) is 12.6 Å². The molecule has 2 aromatic rings. The van der Waals surface area contributed by atoms with Crippen molar-refractivity contribution < 1.29 is 18.7 Å². The van der Waals surface area contributed by atoms with E-state index in [0.29, 0.717) is 18.1 Å². The summed E-state index contributed by atoms with van der Waals surface area (Å²) in [6.07, 6.45) is 3.02. The van der Waals surface area contributed by atoms with Gasteiger partial charge in [0.15, 0.2) is 0 Å². The second-order valence-corrected chi connectivity index (χ2v) is 5.48. The van der Waals surface area contributed by atoms with E-state index < -0.39 is 0 Å². The highest BCUT2D eigenvalue weighted by atomic mass is 16.5. The van der Waals surface area contributed by atoms with Crippen LogP contribution in [0.1, 0.15) is 37.0 Å². The average molecular weight is 342 g/mol. The molecule has 0 fully saturated rings. The van der Waals surface area contributed by atoms with E-state index >= 15 is 0 Å². The molecule has 0 aliphatic heterocycles. The Labute approximate surface area is 146 Å². The van der Waals surface area contributed by atoms with Crippen molar-refractivity contribution in [3.8, 4) is 0 Å². The third kappa shape index (κ3) is 5.84. The smallest absolute Gasteiger partial charge is 0.330 e. The fourth-order valence-electron chi connectivity index (χ4n) is 2.15. The Kier molecular flexibility index (Phi) is 6.39. The second kappa shape index (κ2) is 8.73. The highest BCUT2D eigenvalue weighted by Gasteiger charge is 2.12. The second-order valence-electron chi connectivity index (χ2n) is 5.48. The number of nitrogens with one attached hydrogen (secondary N) is 2. The number of anilines is 1. The lowest BCUT2D eigenvalue weighted by atomic mass is 10.2. The van der Waals surface area contributed by atoms with Gasteiger partial charge >= 0.3 is 12.0 Å². The maximum Gasteiger partial charge on any atom is 0.330 e. The van der Waals surface area contributed by atoms with Crippen molar-refractivity contribution in [2.45, 2.75) is 26.8 Å². The van der Waals surface area contributed by atoms with E-state index in [-0.39, 0.29) is 18.0 Å². The molecule has 2 N–H and O–H groups in total. The van der Waals surface area contributed by atoms with E-state index in [1.807, 2.05) is 26.0 Å². The number of carbonyl (C=O) groups is 2. The number of rotatable bonds is 6. The van der Waals surface area contributed by atoms with Crippen molar-refractivity contribution >= 4 is 23.8 Å². The summed E-state index contributed by atoms with van der Waals surface area (Å²) in [7, 11) is 0. The zero-order valence-corrected chi connectivity index (χ0v) is 14.5. The number of hydrogen-bond donors (Lipinski definition) is 2. The summed E-state index contributed by atoms with van der Waals surface area (Å²) in [4.78, 5) is 23.3. The summed E-state index contributed by atoms with van der Waals surface area (Å²) >= 11 is 0. The van der Waals surface area contributed by atoms with Gasteiger partial charge in [-0.25, -0.2) is 9.59 Å². The Balaban J connectivity index is 1.87. The van der Waals surface area contributed by atoms with Gasteiger partial charge in [-0.2, -0.15) is 0 Å². The number of benzene rings is 1. The predicted octanol–water partition coefficient (Wildman–Crippen LogP) is 4.05. The van der Waals surface area contributed by atoms with Gasteiger partial charge in [-0.1, -0.05) is 12.1 Å². The molecule has 0 saturated carbocycles. The topological polar surface area (TPSA) is 80.6 Å². The van der Waals surface area contributed by atoms with Gasteiger partial charge in [-0.15, -0.1) is 0 Å². The summed E-state index contributed by atoms with van der Waals surface area (Å²) in [6, 6.07) is 10.2. The Morgan fingerprint density at radius 3 is 2.52 bits per heavy atom. The molecule has 25 heavy (non-hydrogen) atoms. The number of aryl methyl sites for hydroxylation is 1. The van der Waals surface area contributed by atoms with Gasteiger partial charge in [0.1, 0.15) is 11.5 Å². The third-order valence-electron chi connectivity index (χ3n) is 3.40. The highest BCUT2D eigenvalue weighted by Crippen LogP contribution is 2.16. The van der Waals surface area contributed by atoms with Crippen molar-refractivity contribution in [3.05, 3.63) is 59.6 Å². The number of urea groups is 1. The molecule has 2 rings (SSSR count). The molecule has 0 saturated heterocycles. The van der Waals surface area contributed by atoms with Crippen LogP contribution in [0.2, 0.25) is 0 Å². The summed E-state index contributed by atoms with van der Waals surface area (Å²) in [5, 5.41) is 5.56. The first-order valence-corrected chi connectivity index (χ1v) is 8.06. The first kappa shape index (κ1) is 18.3. The van der Waals surface area contributed by atoms with Crippen LogP contribution in [0, 0.1) is 6.92 Å². The lowest BCUT2D eigenvalue weighted by Gasteiger charge is -2.12. The van der Waals surface area contributed by atoms with E-state index in [4.69, 9.17) is 9.15 Å². The summed E-state index contributed by atoms with van der Waals surface area (Å²) in [5.41, 5.74) is 1.48. The molecular formula is C19H22N2O4. The fraction of sp³-hybridized carbons (Fsp3) is 0.263. The van der Waals surface area contributed by atoms with Crippen molar-refractivity contribution in [2.75, 3.05) is 11.9 Å². The average Bonchev–Trinajstić information content (AvgIpc) is 3.01. The van der Waals surface area contributed by atoms with Crippen molar-refractivity contribution in [2.24, 2.45) is 0 Å². The van der Waals surface area contributed by atoms with E-state index in [9.17, 15) is 9.59 Å². The maximum absolute atomic E-state index is 12.0. The van der Waals surface area contributed by atoms with Crippen LogP contribution in [0.5, 0.6) is 0 Å². The van der Waals surface area contributed by atoms with Crippen LogP contribution in [0.3, 0.4) is 0 Å². The molecule has 132 valence electrons. The monoisotopic (exact) mass is 342 g/mol. The van der Waals surface area contributed by atoms with Crippen LogP contribution < -0.4 is 10.6 Å². The molecular weight excluding hydrogens is 320 g/mol. The molecule has 0 aliphatic carbocycles. The molecule has 2 amide bonds. The number of furan rings is 1.